The van der Waals surface area contributed by atoms with Crippen LogP contribution < -0.4 is 10.1 Å². The van der Waals surface area contributed by atoms with Crippen molar-refractivity contribution in [2.24, 2.45) is 0 Å². The van der Waals surface area contributed by atoms with Crippen LogP contribution in [0.4, 0.5) is 0 Å². The number of furan rings is 1. The molecular formula is C21H25N3O5S. The molecule has 0 aliphatic heterocycles. The number of carbonyl (C=O) groups is 2. The van der Waals surface area contributed by atoms with Crippen molar-refractivity contribution in [1.82, 2.24) is 15.2 Å². The number of methoxy groups -OCH3 is 1. The molecule has 0 spiro atoms. The first kappa shape index (κ1) is 21.8. The molecule has 1 unspecified atom stereocenters. The zero-order valence-corrected chi connectivity index (χ0v) is 18.5. The molecule has 1 aromatic carbocycles. The molecule has 0 aliphatic carbocycles. The van der Waals surface area contributed by atoms with Gasteiger partial charge in [0.15, 0.2) is 0 Å². The van der Waals surface area contributed by atoms with Gasteiger partial charge in [0.2, 0.25) is 0 Å². The van der Waals surface area contributed by atoms with Crippen LogP contribution in [0.1, 0.15) is 26.7 Å². The highest BCUT2D eigenvalue weighted by molar-refractivity contribution is 7.09. The predicted molar refractivity (Wildman–Crippen MR) is 114 cm³/mol. The third-order valence-corrected chi connectivity index (χ3v) is 5.52. The third kappa shape index (κ3) is 4.80. The normalized spacial score (nSPS) is 12.2. The number of fused-ring (bicyclic) bond motifs is 1. The molecule has 0 saturated carbocycles. The molecule has 160 valence electrons. The molecule has 0 radical (unpaired) electrons. The number of amides is 1. The lowest BCUT2D eigenvalue weighted by molar-refractivity contribution is -0.143. The fourth-order valence-electron chi connectivity index (χ4n) is 3.10. The number of benzene rings is 1. The molecule has 0 fully saturated rings. The number of likely N-dealkylation sites (N-methyl/N-ethyl adjacent to an activating group) is 1. The van der Waals surface area contributed by atoms with Gasteiger partial charge in [-0.15, -0.1) is 11.3 Å². The number of hydrogen-bond donors (Lipinski definition) is 1. The molecule has 2 heterocycles. The Kier molecular flexibility index (Phi) is 6.73. The molecular weight excluding hydrogens is 406 g/mol. The molecule has 3 aromatic rings. The molecule has 1 N–H and O–H groups in total. The largest absolute Gasteiger partial charge is 0.488 e. The van der Waals surface area contributed by atoms with Crippen LogP contribution in [0.5, 0.6) is 5.75 Å². The molecule has 2 aromatic heterocycles. The summed E-state index contributed by atoms with van der Waals surface area (Å²) in [4.78, 5) is 32.1. The van der Waals surface area contributed by atoms with Gasteiger partial charge in [-0.05, 0) is 46.1 Å². The minimum Gasteiger partial charge on any atom is -0.488 e. The topological polar surface area (TPSA) is 93.9 Å². The summed E-state index contributed by atoms with van der Waals surface area (Å²) in [6.45, 7) is 4.37. The number of hydrogen-bond acceptors (Lipinski definition) is 8. The van der Waals surface area contributed by atoms with E-state index in [-0.39, 0.29) is 0 Å². The number of aryl methyl sites for hydroxylation is 2. The first-order valence-corrected chi connectivity index (χ1v) is 10.3. The Balaban J connectivity index is 1.85. The monoisotopic (exact) mass is 431 g/mol. The first-order chi connectivity index (χ1) is 14.3. The van der Waals surface area contributed by atoms with Crippen LogP contribution in [0.25, 0.3) is 11.0 Å². The van der Waals surface area contributed by atoms with E-state index in [9.17, 15) is 9.59 Å². The van der Waals surface area contributed by atoms with Crippen LogP contribution in [-0.4, -0.2) is 55.6 Å². The number of nitrogens with one attached hydrogen (secondary N) is 1. The SMILES string of the molecule is COC(=O)C(CN(C)C)NC(=O)c1c(C)oc2ccc(OCc3scnc3C)cc12. The van der Waals surface area contributed by atoms with E-state index < -0.39 is 17.9 Å². The number of ether oxygens (including phenoxy) is 2. The van der Waals surface area contributed by atoms with Crippen LogP contribution in [0.15, 0.2) is 28.1 Å². The maximum absolute atomic E-state index is 13.0. The van der Waals surface area contributed by atoms with Crippen LogP contribution in [0.2, 0.25) is 0 Å². The number of aromatic nitrogens is 1. The van der Waals surface area contributed by atoms with Gasteiger partial charge in [0.05, 0.1) is 28.8 Å². The predicted octanol–water partition coefficient (Wildman–Crippen LogP) is 2.92. The highest BCUT2D eigenvalue weighted by Crippen LogP contribution is 2.30. The Morgan fingerprint density at radius 1 is 1.30 bits per heavy atom. The Morgan fingerprint density at radius 3 is 2.70 bits per heavy atom. The van der Waals surface area contributed by atoms with E-state index in [4.69, 9.17) is 13.9 Å². The Morgan fingerprint density at radius 2 is 2.07 bits per heavy atom. The van der Waals surface area contributed by atoms with E-state index in [2.05, 4.69) is 10.3 Å². The molecule has 1 amide bonds. The highest BCUT2D eigenvalue weighted by Gasteiger charge is 2.26. The summed E-state index contributed by atoms with van der Waals surface area (Å²) in [7, 11) is 4.92. The van der Waals surface area contributed by atoms with Crippen LogP contribution in [0, 0.1) is 13.8 Å². The molecule has 9 heteroatoms. The van der Waals surface area contributed by atoms with E-state index in [0.29, 0.717) is 41.2 Å². The quantitative estimate of drug-likeness (QED) is 0.548. The summed E-state index contributed by atoms with van der Waals surface area (Å²) in [5.41, 5.74) is 3.67. The van der Waals surface area contributed by atoms with Gasteiger partial charge in [-0.25, -0.2) is 9.78 Å². The van der Waals surface area contributed by atoms with Crippen molar-refractivity contribution in [2.75, 3.05) is 27.7 Å². The van der Waals surface area contributed by atoms with Gasteiger partial charge in [-0.1, -0.05) is 0 Å². The Labute approximate surface area is 178 Å². The standard InChI is InChI=1S/C21H25N3O5S/c1-12-18(30-11-22-12)10-28-14-6-7-17-15(8-14)19(13(2)29-17)20(25)23-16(9-24(3)4)21(26)27-5/h6-8,11,16H,9-10H2,1-5H3,(H,23,25). The Hall–Kier alpha value is -2.91. The van der Waals surface area contributed by atoms with E-state index in [1.54, 1.807) is 35.5 Å². The fraction of sp³-hybridized carbons (Fsp3) is 0.381. The van der Waals surface area contributed by atoms with E-state index >= 15 is 0 Å². The van der Waals surface area contributed by atoms with Crippen molar-refractivity contribution >= 4 is 34.2 Å². The minimum atomic E-state index is -0.796. The number of esters is 1. The molecule has 0 saturated heterocycles. The Bertz CT molecular complexity index is 1060. The molecule has 0 bridgehead atoms. The second-order valence-electron chi connectivity index (χ2n) is 7.15. The smallest absolute Gasteiger partial charge is 0.329 e. The third-order valence-electron chi connectivity index (χ3n) is 4.62. The average molecular weight is 432 g/mol. The van der Waals surface area contributed by atoms with E-state index in [1.165, 1.54) is 18.4 Å². The molecule has 1 atom stereocenters. The van der Waals surface area contributed by atoms with Crippen molar-refractivity contribution < 1.29 is 23.5 Å². The number of rotatable bonds is 8. The molecule has 0 aliphatic rings. The van der Waals surface area contributed by atoms with Gasteiger partial charge in [0.25, 0.3) is 5.91 Å². The summed E-state index contributed by atoms with van der Waals surface area (Å²) < 4.78 is 16.4. The number of carbonyl (C=O) groups excluding carboxylic acids is 2. The summed E-state index contributed by atoms with van der Waals surface area (Å²) in [5.74, 6) is 0.166. The molecule has 8 nitrogen and oxygen atoms in total. The second kappa shape index (κ2) is 9.27. The van der Waals surface area contributed by atoms with Gasteiger partial charge in [0.1, 0.15) is 29.7 Å². The van der Waals surface area contributed by atoms with Crippen LogP contribution in [-0.2, 0) is 16.1 Å². The van der Waals surface area contributed by atoms with Gasteiger partial charge >= 0.3 is 5.97 Å². The van der Waals surface area contributed by atoms with Crippen LogP contribution >= 0.6 is 11.3 Å². The summed E-state index contributed by atoms with van der Waals surface area (Å²) in [6.07, 6.45) is 0. The number of thiazole rings is 1. The lowest BCUT2D eigenvalue weighted by atomic mass is 10.1. The lowest BCUT2D eigenvalue weighted by Crippen LogP contribution is -2.47. The summed E-state index contributed by atoms with van der Waals surface area (Å²) in [5, 5.41) is 3.38. The van der Waals surface area contributed by atoms with Crippen molar-refractivity contribution in [3.63, 3.8) is 0 Å². The van der Waals surface area contributed by atoms with Crippen molar-refractivity contribution in [3.8, 4) is 5.75 Å². The van der Waals surface area contributed by atoms with Gasteiger partial charge in [-0.2, -0.15) is 0 Å². The summed E-state index contributed by atoms with van der Waals surface area (Å²) in [6, 6.07) is 4.55. The summed E-state index contributed by atoms with van der Waals surface area (Å²) >= 11 is 1.53. The maximum atomic E-state index is 13.0. The lowest BCUT2D eigenvalue weighted by Gasteiger charge is -2.20. The van der Waals surface area contributed by atoms with E-state index in [1.807, 2.05) is 21.0 Å². The molecule has 3 rings (SSSR count). The van der Waals surface area contributed by atoms with E-state index in [0.717, 1.165) is 10.6 Å². The number of nitrogens with zero attached hydrogens (tertiary/aromatic N) is 2. The fourth-order valence-corrected chi connectivity index (χ4v) is 3.79. The highest BCUT2D eigenvalue weighted by atomic mass is 32.1. The average Bonchev–Trinajstić information content (AvgIpc) is 3.26. The van der Waals surface area contributed by atoms with Crippen molar-refractivity contribution in [3.05, 3.63) is 45.6 Å². The van der Waals surface area contributed by atoms with Gasteiger partial charge in [0, 0.05) is 11.9 Å². The maximum Gasteiger partial charge on any atom is 0.329 e. The van der Waals surface area contributed by atoms with Crippen molar-refractivity contribution in [2.45, 2.75) is 26.5 Å². The minimum absolute atomic E-state index is 0.315. The zero-order valence-electron chi connectivity index (χ0n) is 17.6. The van der Waals surface area contributed by atoms with Crippen molar-refractivity contribution in [1.29, 1.82) is 0 Å². The van der Waals surface area contributed by atoms with Gasteiger partial charge in [-0.3, -0.25) is 4.79 Å². The van der Waals surface area contributed by atoms with Crippen LogP contribution in [0.3, 0.4) is 0 Å². The first-order valence-electron chi connectivity index (χ1n) is 9.38. The molecule has 30 heavy (non-hydrogen) atoms. The second-order valence-corrected chi connectivity index (χ2v) is 8.09. The van der Waals surface area contributed by atoms with Gasteiger partial charge < -0.3 is 24.1 Å². The zero-order chi connectivity index (χ0) is 21.8.